The minimum Gasteiger partial charge on any atom is -0.368 e. The normalized spacial score (nSPS) is 21.0. The molecule has 1 atom stereocenters. The van der Waals surface area contributed by atoms with Crippen LogP contribution >= 0.6 is 0 Å². The maximum absolute atomic E-state index is 5.37. The van der Waals surface area contributed by atoms with E-state index >= 15 is 0 Å². The molecule has 14 heavy (non-hydrogen) atoms. The molecule has 1 saturated heterocycles. The first kappa shape index (κ1) is 9.72. The lowest BCUT2D eigenvalue weighted by molar-refractivity contribution is 0.411. The smallest absolute Gasteiger partial charge is 0.106 e. The molecule has 0 radical (unpaired) electrons. The molecular weight excluding hydrogens is 172 g/mol. The molecule has 1 aromatic carbocycles. The Bertz CT molecular complexity index is 343. The van der Waals surface area contributed by atoms with Crippen molar-refractivity contribution in [1.82, 2.24) is 0 Å². The van der Waals surface area contributed by atoms with Gasteiger partial charge in [-0.3, -0.25) is 0 Å². The van der Waals surface area contributed by atoms with Crippen LogP contribution in [0.2, 0.25) is 0 Å². The Morgan fingerprint density at radius 1 is 1.29 bits per heavy atom. The van der Waals surface area contributed by atoms with Gasteiger partial charge in [0.05, 0.1) is 6.61 Å². The maximum Gasteiger partial charge on any atom is 0.106 e. The summed E-state index contributed by atoms with van der Waals surface area (Å²) in [6, 6.07) is 6.68. The molecule has 1 heterocycles. The fourth-order valence-electron chi connectivity index (χ4n) is 1.83. The number of hydrogen-bond donors (Lipinski definition) is 0. The Kier molecular flexibility index (Phi) is 2.15. The van der Waals surface area contributed by atoms with E-state index in [0.717, 1.165) is 6.61 Å². The molecule has 2 rings (SSSR count). The zero-order valence-corrected chi connectivity index (χ0v) is 9.42. The predicted octanol–water partition coefficient (Wildman–Crippen LogP) is 3.36. The van der Waals surface area contributed by atoms with Crippen LogP contribution in [0.1, 0.15) is 43.6 Å². The minimum absolute atomic E-state index is 0.216. The highest BCUT2D eigenvalue weighted by Crippen LogP contribution is 2.37. The first-order chi connectivity index (χ1) is 6.48. The molecule has 1 aromatic rings. The highest BCUT2D eigenvalue weighted by molar-refractivity contribution is 5.39. The summed E-state index contributed by atoms with van der Waals surface area (Å²) in [5.41, 5.74) is 4.36. The van der Waals surface area contributed by atoms with Crippen molar-refractivity contribution >= 4 is 0 Å². The van der Waals surface area contributed by atoms with Crippen molar-refractivity contribution in [3.8, 4) is 0 Å². The van der Waals surface area contributed by atoms with Crippen LogP contribution in [-0.4, -0.2) is 6.61 Å². The number of hydrogen-bond acceptors (Lipinski definition) is 1. The lowest BCUT2D eigenvalue weighted by atomic mass is 9.82. The summed E-state index contributed by atoms with van der Waals surface area (Å²) in [6.45, 7) is 9.81. The second-order valence-electron chi connectivity index (χ2n) is 5.16. The van der Waals surface area contributed by atoms with E-state index in [1.807, 2.05) is 0 Å². The van der Waals surface area contributed by atoms with E-state index in [1.165, 1.54) is 16.7 Å². The Hall–Kier alpha value is -0.820. The number of epoxide rings is 1. The standard InChI is InChI=1S/C13H18O/c1-9-5-6-10(12-8-14-12)11(7-9)13(2,3)4/h5-7,12H,8H2,1-4H3. The van der Waals surface area contributed by atoms with Gasteiger partial charge in [-0.15, -0.1) is 0 Å². The zero-order chi connectivity index (χ0) is 10.3. The largest absolute Gasteiger partial charge is 0.368 e. The van der Waals surface area contributed by atoms with E-state index in [4.69, 9.17) is 4.74 Å². The highest BCUT2D eigenvalue weighted by Gasteiger charge is 2.30. The predicted molar refractivity (Wildman–Crippen MR) is 58.6 cm³/mol. The van der Waals surface area contributed by atoms with Crippen LogP contribution in [-0.2, 0) is 10.2 Å². The Morgan fingerprint density at radius 3 is 2.43 bits per heavy atom. The number of ether oxygens (including phenoxy) is 1. The second kappa shape index (κ2) is 3.09. The van der Waals surface area contributed by atoms with Gasteiger partial charge in [0, 0.05) is 0 Å². The monoisotopic (exact) mass is 190 g/mol. The maximum atomic E-state index is 5.37. The van der Waals surface area contributed by atoms with Crippen LogP contribution in [0, 0.1) is 6.92 Å². The topological polar surface area (TPSA) is 12.5 Å². The molecule has 1 nitrogen and oxygen atoms in total. The van der Waals surface area contributed by atoms with Crippen molar-refractivity contribution in [2.45, 2.75) is 39.2 Å². The first-order valence-corrected chi connectivity index (χ1v) is 5.21. The lowest BCUT2D eigenvalue weighted by Crippen LogP contribution is -2.14. The Balaban J connectivity index is 2.48. The summed E-state index contributed by atoms with van der Waals surface area (Å²) >= 11 is 0. The van der Waals surface area contributed by atoms with Gasteiger partial charge in [0.15, 0.2) is 0 Å². The number of rotatable bonds is 1. The van der Waals surface area contributed by atoms with E-state index in [2.05, 4.69) is 45.9 Å². The molecule has 1 fully saturated rings. The summed E-state index contributed by atoms with van der Waals surface area (Å²) in [4.78, 5) is 0. The molecule has 0 saturated carbocycles. The Labute approximate surface area is 86.1 Å². The average molecular weight is 190 g/mol. The van der Waals surface area contributed by atoms with Gasteiger partial charge in [-0.2, -0.15) is 0 Å². The molecule has 0 aliphatic carbocycles. The molecule has 1 aliphatic heterocycles. The van der Waals surface area contributed by atoms with Crippen molar-refractivity contribution in [3.05, 3.63) is 34.9 Å². The van der Waals surface area contributed by atoms with E-state index in [9.17, 15) is 0 Å². The van der Waals surface area contributed by atoms with Crippen molar-refractivity contribution in [1.29, 1.82) is 0 Å². The molecule has 0 amide bonds. The molecule has 0 bridgehead atoms. The fraction of sp³-hybridized carbons (Fsp3) is 0.538. The quantitative estimate of drug-likeness (QED) is 0.618. The van der Waals surface area contributed by atoms with Crippen LogP contribution in [0.4, 0.5) is 0 Å². The van der Waals surface area contributed by atoms with Crippen molar-refractivity contribution in [2.24, 2.45) is 0 Å². The average Bonchev–Trinajstić information content (AvgIpc) is 2.85. The molecule has 1 unspecified atom stereocenters. The van der Waals surface area contributed by atoms with Crippen LogP contribution in [0.3, 0.4) is 0 Å². The summed E-state index contributed by atoms with van der Waals surface area (Å²) in [7, 11) is 0. The number of benzene rings is 1. The van der Waals surface area contributed by atoms with E-state index in [1.54, 1.807) is 0 Å². The SMILES string of the molecule is Cc1ccc(C2CO2)c(C(C)(C)C)c1. The van der Waals surface area contributed by atoms with Gasteiger partial charge in [-0.05, 0) is 23.5 Å². The second-order valence-corrected chi connectivity index (χ2v) is 5.16. The van der Waals surface area contributed by atoms with Crippen molar-refractivity contribution < 1.29 is 4.74 Å². The third-order valence-corrected chi connectivity index (χ3v) is 2.70. The van der Waals surface area contributed by atoms with Gasteiger partial charge < -0.3 is 4.74 Å². The molecule has 1 heteroatoms. The molecular formula is C13H18O. The Morgan fingerprint density at radius 2 is 1.93 bits per heavy atom. The first-order valence-electron chi connectivity index (χ1n) is 5.21. The van der Waals surface area contributed by atoms with Gasteiger partial charge in [-0.1, -0.05) is 44.5 Å². The third-order valence-electron chi connectivity index (χ3n) is 2.70. The van der Waals surface area contributed by atoms with Gasteiger partial charge in [0.2, 0.25) is 0 Å². The van der Waals surface area contributed by atoms with Crippen LogP contribution in [0.25, 0.3) is 0 Å². The number of aryl methyl sites for hydroxylation is 1. The highest BCUT2D eigenvalue weighted by atomic mass is 16.6. The zero-order valence-electron chi connectivity index (χ0n) is 9.42. The lowest BCUT2D eigenvalue weighted by Gasteiger charge is -2.22. The molecule has 0 aromatic heterocycles. The molecule has 0 spiro atoms. The minimum atomic E-state index is 0.216. The van der Waals surface area contributed by atoms with Gasteiger partial charge in [0.1, 0.15) is 6.10 Å². The van der Waals surface area contributed by atoms with Gasteiger partial charge >= 0.3 is 0 Å². The molecule has 1 aliphatic rings. The van der Waals surface area contributed by atoms with E-state index < -0.39 is 0 Å². The van der Waals surface area contributed by atoms with Crippen molar-refractivity contribution in [2.75, 3.05) is 6.61 Å². The third kappa shape index (κ3) is 1.83. The molecule has 76 valence electrons. The van der Waals surface area contributed by atoms with Crippen LogP contribution in [0.15, 0.2) is 18.2 Å². The molecule has 0 N–H and O–H groups in total. The van der Waals surface area contributed by atoms with Crippen LogP contribution < -0.4 is 0 Å². The summed E-state index contributed by atoms with van der Waals surface area (Å²) in [6.07, 6.45) is 0.366. The van der Waals surface area contributed by atoms with Gasteiger partial charge in [-0.25, -0.2) is 0 Å². The van der Waals surface area contributed by atoms with Gasteiger partial charge in [0.25, 0.3) is 0 Å². The van der Waals surface area contributed by atoms with E-state index in [0.29, 0.717) is 6.10 Å². The summed E-state index contributed by atoms with van der Waals surface area (Å²) < 4.78 is 5.37. The fourth-order valence-corrected chi connectivity index (χ4v) is 1.83. The summed E-state index contributed by atoms with van der Waals surface area (Å²) in [5.74, 6) is 0. The van der Waals surface area contributed by atoms with Crippen molar-refractivity contribution in [3.63, 3.8) is 0 Å². The van der Waals surface area contributed by atoms with Crippen LogP contribution in [0.5, 0.6) is 0 Å². The summed E-state index contributed by atoms with van der Waals surface area (Å²) in [5, 5.41) is 0. The van der Waals surface area contributed by atoms with E-state index in [-0.39, 0.29) is 5.41 Å².